The molecule has 0 bridgehead atoms. The maximum Gasteiger partial charge on any atom is 0.243 e. The highest BCUT2D eigenvalue weighted by Gasteiger charge is 1.95. The third-order valence-electron chi connectivity index (χ3n) is 3.33. The monoisotopic (exact) mass is 331 g/mol. The molecule has 0 saturated carbocycles. The molecule has 2 nitrogen and oxygen atoms in total. The molecule has 0 rings (SSSR count). The molecule has 0 aromatic heterocycles. The summed E-state index contributed by atoms with van der Waals surface area (Å²) in [7, 11) is 3.78. The van der Waals surface area contributed by atoms with E-state index < -0.39 is 0 Å². The zero-order valence-corrected chi connectivity index (χ0v) is 15.3. The van der Waals surface area contributed by atoms with E-state index in [1.54, 1.807) is 0 Å². The Balaban J connectivity index is 2.99. The van der Waals surface area contributed by atoms with E-state index >= 15 is 0 Å². The van der Waals surface area contributed by atoms with Gasteiger partial charge in [0.05, 0.1) is 0 Å². The maximum absolute atomic E-state index is 10.9. The van der Waals surface area contributed by atoms with Crippen LogP contribution in [0, 0.1) is 0 Å². The number of amides is 1. The molecule has 1 amide bonds. The van der Waals surface area contributed by atoms with Gasteiger partial charge in [0.1, 0.15) is 0 Å². The molecule has 0 unspecified atom stereocenters. The van der Waals surface area contributed by atoms with Crippen molar-refractivity contribution < 1.29 is 4.79 Å². The van der Waals surface area contributed by atoms with Crippen molar-refractivity contribution in [1.29, 1.82) is 0 Å². The number of rotatable bonds is 16. The van der Waals surface area contributed by atoms with Crippen molar-refractivity contribution in [2.45, 2.75) is 71.1 Å². The Kier molecular flexibility index (Phi) is 17.9. The van der Waals surface area contributed by atoms with Crippen LogP contribution in [-0.4, -0.2) is 24.0 Å². The van der Waals surface area contributed by atoms with Crippen LogP contribution in [-0.2, 0) is 4.79 Å². The van der Waals surface area contributed by atoms with Gasteiger partial charge in [-0.2, -0.15) is 0 Å². The highest BCUT2D eigenvalue weighted by molar-refractivity contribution is 8.76. The van der Waals surface area contributed by atoms with Crippen molar-refractivity contribution in [3.8, 4) is 0 Å². The Morgan fingerprint density at radius 3 is 2.00 bits per heavy atom. The lowest BCUT2D eigenvalue weighted by Crippen LogP contribution is -2.23. The predicted octanol–water partition coefficient (Wildman–Crippen LogP) is 5.59. The first-order valence-electron chi connectivity index (χ1n) is 8.46. The fraction of sp³-hybridized carbons (Fsp3) is 0.824. The minimum absolute atomic E-state index is 0.0738. The van der Waals surface area contributed by atoms with Gasteiger partial charge >= 0.3 is 0 Å². The molecular formula is C17H33NOS2. The molecule has 0 atom stereocenters. The molecule has 0 aliphatic carbocycles. The van der Waals surface area contributed by atoms with E-state index in [1.165, 1.54) is 76.0 Å². The molecule has 0 aliphatic rings. The van der Waals surface area contributed by atoms with Crippen molar-refractivity contribution in [1.82, 2.24) is 5.32 Å². The lowest BCUT2D eigenvalue weighted by atomic mass is 10.1. The summed E-state index contributed by atoms with van der Waals surface area (Å²) >= 11 is 0. The standard InChI is InChI=1S/C17H33NOS2/c1-3-5-6-7-8-9-10-11-12-13-15-20-21-16-14-18-17(19)4-2/h4H,2-3,5-16H2,1H3,(H,18,19). The van der Waals surface area contributed by atoms with Gasteiger partial charge in [0.25, 0.3) is 0 Å². The number of nitrogens with one attached hydrogen (secondary N) is 1. The average Bonchev–Trinajstić information content (AvgIpc) is 2.50. The van der Waals surface area contributed by atoms with Crippen LogP contribution in [0.25, 0.3) is 0 Å². The molecule has 0 aromatic carbocycles. The van der Waals surface area contributed by atoms with Gasteiger partial charge in [-0.25, -0.2) is 0 Å². The number of hydrogen-bond donors (Lipinski definition) is 1. The van der Waals surface area contributed by atoms with Crippen LogP contribution in [0.4, 0.5) is 0 Å². The summed E-state index contributed by atoms with van der Waals surface area (Å²) in [5.74, 6) is 2.13. The van der Waals surface area contributed by atoms with Crippen LogP contribution in [0.15, 0.2) is 12.7 Å². The number of carbonyl (C=O) groups excluding carboxylic acids is 1. The van der Waals surface area contributed by atoms with E-state index in [0.717, 1.165) is 12.3 Å². The van der Waals surface area contributed by atoms with Crippen molar-refractivity contribution in [2.75, 3.05) is 18.1 Å². The fourth-order valence-corrected chi connectivity index (χ4v) is 4.11. The van der Waals surface area contributed by atoms with Crippen molar-refractivity contribution in [2.24, 2.45) is 0 Å². The molecule has 0 heterocycles. The van der Waals surface area contributed by atoms with Gasteiger partial charge in [-0.15, -0.1) is 0 Å². The summed E-state index contributed by atoms with van der Waals surface area (Å²) in [6, 6.07) is 0. The molecule has 124 valence electrons. The Labute approximate surface area is 139 Å². The fourth-order valence-electron chi connectivity index (χ4n) is 2.05. The second-order valence-electron chi connectivity index (χ2n) is 5.32. The van der Waals surface area contributed by atoms with E-state index in [1.807, 2.05) is 21.6 Å². The molecule has 21 heavy (non-hydrogen) atoms. The van der Waals surface area contributed by atoms with Gasteiger partial charge in [0.15, 0.2) is 0 Å². The summed E-state index contributed by atoms with van der Waals surface area (Å²) < 4.78 is 0. The van der Waals surface area contributed by atoms with Crippen molar-refractivity contribution in [3.63, 3.8) is 0 Å². The van der Waals surface area contributed by atoms with Gasteiger partial charge in [-0.05, 0) is 12.5 Å². The van der Waals surface area contributed by atoms with Crippen LogP contribution in [0.2, 0.25) is 0 Å². The molecule has 0 radical (unpaired) electrons. The van der Waals surface area contributed by atoms with Crippen LogP contribution in [0.5, 0.6) is 0 Å². The smallest absolute Gasteiger partial charge is 0.243 e. The molecule has 1 N–H and O–H groups in total. The second-order valence-corrected chi connectivity index (χ2v) is 8.02. The van der Waals surface area contributed by atoms with Gasteiger partial charge in [-0.1, -0.05) is 92.9 Å². The molecule has 0 fully saturated rings. The first-order chi connectivity index (χ1) is 10.3. The SMILES string of the molecule is C=CC(=O)NCCSSCCCCCCCCCCCC. The van der Waals surface area contributed by atoms with Gasteiger partial charge < -0.3 is 5.32 Å². The molecular weight excluding hydrogens is 298 g/mol. The van der Waals surface area contributed by atoms with Crippen LogP contribution in [0.3, 0.4) is 0 Å². The first kappa shape index (κ1) is 20.9. The zero-order valence-electron chi connectivity index (χ0n) is 13.7. The summed E-state index contributed by atoms with van der Waals surface area (Å²) in [5.41, 5.74) is 0. The maximum atomic E-state index is 10.9. The van der Waals surface area contributed by atoms with E-state index in [4.69, 9.17) is 0 Å². The normalized spacial score (nSPS) is 10.5. The minimum atomic E-state index is -0.0738. The first-order valence-corrected chi connectivity index (χ1v) is 10.9. The number of hydrogen-bond acceptors (Lipinski definition) is 3. The van der Waals surface area contributed by atoms with E-state index in [-0.39, 0.29) is 5.91 Å². The Hall–Kier alpha value is -0.0900. The molecule has 4 heteroatoms. The average molecular weight is 332 g/mol. The van der Waals surface area contributed by atoms with E-state index in [9.17, 15) is 4.79 Å². The molecule has 0 aromatic rings. The summed E-state index contributed by atoms with van der Waals surface area (Å²) in [6.07, 6.45) is 15.3. The van der Waals surface area contributed by atoms with Crippen molar-refractivity contribution in [3.05, 3.63) is 12.7 Å². The highest BCUT2D eigenvalue weighted by Crippen LogP contribution is 2.22. The molecule has 0 spiro atoms. The molecule has 0 aliphatic heterocycles. The minimum Gasteiger partial charge on any atom is -0.352 e. The third kappa shape index (κ3) is 17.9. The van der Waals surface area contributed by atoms with Crippen molar-refractivity contribution >= 4 is 27.5 Å². The second kappa shape index (κ2) is 18.0. The number of carbonyl (C=O) groups is 1. The van der Waals surface area contributed by atoms with E-state index in [0.29, 0.717) is 0 Å². The Morgan fingerprint density at radius 1 is 0.905 bits per heavy atom. The number of unbranched alkanes of at least 4 members (excludes halogenated alkanes) is 9. The summed E-state index contributed by atoms with van der Waals surface area (Å²) in [4.78, 5) is 10.9. The highest BCUT2D eigenvalue weighted by atomic mass is 33.1. The Morgan fingerprint density at radius 2 is 1.43 bits per heavy atom. The van der Waals surface area contributed by atoms with Crippen LogP contribution < -0.4 is 5.32 Å². The van der Waals surface area contributed by atoms with Gasteiger partial charge in [-0.3, -0.25) is 4.79 Å². The topological polar surface area (TPSA) is 29.1 Å². The predicted molar refractivity (Wildman–Crippen MR) is 100.0 cm³/mol. The quantitative estimate of drug-likeness (QED) is 0.227. The van der Waals surface area contributed by atoms with Gasteiger partial charge in [0, 0.05) is 18.1 Å². The zero-order chi connectivity index (χ0) is 15.6. The lowest BCUT2D eigenvalue weighted by molar-refractivity contribution is -0.116. The largest absolute Gasteiger partial charge is 0.352 e. The summed E-state index contributed by atoms with van der Waals surface area (Å²) in [5, 5.41) is 2.78. The third-order valence-corrected chi connectivity index (χ3v) is 5.83. The van der Waals surface area contributed by atoms with E-state index in [2.05, 4.69) is 18.8 Å². The molecule has 0 saturated heterocycles. The lowest BCUT2D eigenvalue weighted by Gasteiger charge is -2.03. The van der Waals surface area contributed by atoms with Crippen LogP contribution >= 0.6 is 21.6 Å². The van der Waals surface area contributed by atoms with Crippen LogP contribution in [0.1, 0.15) is 71.1 Å². The Bertz CT molecular complexity index is 247. The van der Waals surface area contributed by atoms with Gasteiger partial charge in [0.2, 0.25) is 5.91 Å². The summed E-state index contributed by atoms with van der Waals surface area (Å²) in [6.45, 7) is 6.43.